The van der Waals surface area contributed by atoms with Crippen molar-refractivity contribution in [3.05, 3.63) is 93.9 Å². The molecular formula is C29H28N2O5S. The summed E-state index contributed by atoms with van der Waals surface area (Å²) in [6, 6.07) is 20.4. The third-order valence-corrected chi connectivity index (χ3v) is 6.56. The first-order valence-corrected chi connectivity index (χ1v) is 12.6. The summed E-state index contributed by atoms with van der Waals surface area (Å²) in [5.74, 6) is 0.586. The van der Waals surface area contributed by atoms with Crippen molar-refractivity contribution in [3.63, 3.8) is 0 Å². The van der Waals surface area contributed by atoms with E-state index in [1.807, 2.05) is 63.2 Å². The summed E-state index contributed by atoms with van der Waals surface area (Å²) in [7, 11) is 0. The van der Waals surface area contributed by atoms with E-state index in [1.165, 1.54) is 4.90 Å². The Bertz CT molecular complexity index is 1350. The minimum atomic E-state index is -0.358. The van der Waals surface area contributed by atoms with Crippen molar-refractivity contribution < 1.29 is 23.9 Å². The first-order valence-electron chi connectivity index (χ1n) is 11.8. The van der Waals surface area contributed by atoms with E-state index < -0.39 is 0 Å². The van der Waals surface area contributed by atoms with Gasteiger partial charge in [0.25, 0.3) is 17.1 Å². The summed E-state index contributed by atoms with van der Waals surface area (Å²) in [4.78, 5) is 39.0. The molecule has 37 heavy (non-hydrogen) atoms. The largest absolute Gasteiger partial charge is 0.491 e. The molecule has 0 atom stereocenters. The number of benzene rings is 3. The van der Waals surface area contributed by atoms with Crippen LogP contribution in [-0.2, 0) is 9.59 Å². The number of ether oxygens (including phenoxy) is 2. The zero-order valence-corrected chi connectivity index (χ0v) is 21.8. The molecular weight excluding hydrogens is 488 g/mol. The van der Waals surface area contributed by atoms with Crippen LogP contribution in [0.2, 0.25) is 0 Å². The van der Waals surface area contributed by atoms with Crippen molar-refractivity contribution in [1.82, 2.24) is 4.90 Å². The molecule has 1 fully saturated rings. The number of nitrogens with zero attached hydrogens (tertiary/aromatic N) is 1. The van der Waals surface area contributed by atoms with E-state index in [0.717, 1.165) is 34.2 Å². The van der Waals surface area contributed by atoms with Crippen molar-refractivity contribution in [2.45, 2.75) is 20.8 Å². The number of rotatable bonds is 9. The van der Waals surface area contributed by atoms with Gasteiger partial charge in [0.05, 0.1) is 11.4 Å². The van der Waals surface area contributed by atoms with Gasteiger partial charge in [0.1, 0.15) is 18.1 Å². The molecule has 0 spiro atoms. The summed E-state index contributed by atoms with van der Waals surface area (Å²) in [6.07, 6.45) is 1.65. The first-order chi connectivity index (χ1) is 17.8. The lowest BCUT2D eigenvalue weighted by molar-refractivity contribution is -0.123. The number of nitrogens with one attached hydrogen (secondary N) is 1. The van der Waals surface area contributed by atoms with Gasteiger partial charge in [0, 0.05) is 5.69 Å². The van der Waals surface area contributed by atoms with E-state index in [4.69, 9.17) is 9.47 Å². The van der Waals surface area contributed by atoms with Crippen molar-refractivity contribution in [2.24, 2.45) is 0 Å². The van der Waals surface area contributed by atoms with Crippen LogP contribution in [0.1, 0.15) is 22.3 Å². The summed E-state index contributed by atoms with van der Waals surface area (Å²) < 4.78 is 11.4. The lowest BCUT2D eigenvalue weighted by Crippen LogP contribution is -2.32. The van der Waals surface area contributed by atoms with Gasteiger partial charge in [-0.25, -0.2) is 0 Å². The number of thioether (sulfide) groups is 1. The van der Waals surface area contributed by atoms with Gasteiger partial charge in [-0.15, -0.1) is 0 Å². The Morgan fingerprint density at radius 2 is 1.70 bits per heavy atom. The van der Waals surface area contributed by atoms with E-state index in [-0.39, 0.29) is 36.8 Å². The summed E-state index contributed by atoms with van der Waals surface area (Å²) >= 11 is 0.893. The average Bonchev–Trinajstić information content (AvgIpc) is 3.14. The monoisotopic (exact) mass is 516 g/mol. The van der Waals surface area contributed by atoms with Gasteiger partial charge < -0.3 is 14.8 Å². The maximum atomic E-state index is 12.9. The molecule has 0 saturated carbocycles. The smallest absolute Gasteiger partial charge is 0.293 e. The van der Waals surface area contributed by atoms with Crippen LogP contribution in [0.15, 0.2) is 71.6 Å². The number of amides is 3. The Labute approximate surface area is 220 Å². The molecule has 0 unspecified atom stereocenters. The average molecular weight is 517 g/mol. The molecule has 1 heterocycles. The Kier molecular flexibility index (Phi) is 8.30. The Hall–Kier alpha value is -4.04. The highest BCUT2D eigenvalue weighted by atomic mass is 32.2. The fraction of sp³-hybridized carbons (Fsp3) is 0.207. The third kappa shape index (κ3) is 7.01. The summed E-state index contributed by atoms with van der Waals surface area (Å²) in [5.41, 5.74) is 4.56. The van der Waals surface area contributed by atoms with Crippen LogP contribution in [0.25, 0.3) is 6.08 Å². The molecule has 8 heteroatoms. The number of hydrogen-bond acceptors (Lipinski definition) is 6. The molecule has 1 aliphatic heterocycles. The quantitative estimate of drug-likeness (QED) is 0.365. The maximum Gasteiger partial charge on any atom is 0.293 e. The highest BCUT2D eigenvalue weighted by molar-refractivity contribution is 8.18. The predicted octanol–water partition coefficient (Wildman–Crippen LogP) is 5.74. The molecule has 1 aliphatic rings. The lowest BCUT2D eigenvalue weighted by atomic mass is 10.1. The molecule has 1 saturated heterocycles. The lowest BCUT2D eigenvalue weighted by Gasteiger charge is -2.14. The third-order valence-electron chi connectivity index (χ3n) is 5.65. The van der Waals surface area contributed by atoms with Crippen LogP contribution in [-0.4, -0.2) is 41.7 Å². The molecule has 1 N–H and O–H groups in total. The first kappa shape index (κ1) is 26.0. The van der Waals surface area contributed by atoms with E-state index in [9.17, 15) is 14.4 Å². The van der Waals surface area contributed by atoms with E-state index >= 15 is 0 Å². The minimum absolute atomic E-state index is 0.158. The molecule has 0 aliphatic carbocycles. The normalized spacial score (nSPS) is 14.2. The van der Waals surface area contributed by atoms with Crippen LogP contribution in [0.3, 0.4) is 0 Å². The Balaban J connectivity index is 1.32. The molecule has 0 bridgehead atoms. The van der Waals surface area contributed by atoms with Crippen molar-refractivity contribution in [3.8, 4) is 11.5 Å². The van der Waals surface area contributed by atoms with Gasteiger partial charge in [-0.3, -0.25) is 19.3 Å². The number of imide groups is 1. The fourth-order valence-electron chi connectivity index (χ4n) is 3.63. The number of anilines is 1. The number of carbonyl (C=O) groups excluding carboxylic acids is 3. The zero-order chi connectivity index (χ0) is 26.4. The van der Waals surface area contributed by atoms with Gasteiger partial charge >= 0.3 is 0 Å². The number of hydrogen-bond donors (Lipinski definition) is 1. The minimum Gasteiger partial charge on any atom is -0.491 e. The number of carbonyl (C=O) groups is 3. The second-order valence-electron chi connectivity index (χ2n) is 8.73. The Morgan fingerprint density at radius 1 is 0.946 bits per heavy atom. The second kappa shape index (κ2) is 11.8. The maximum absolute atomic E-state index is 12.9. The highest BCUT2D eigenvalue weighted by Crippen LogP contribution is 2.32. The van der Waals surface area contributed by atoms with Gasteiger partial charge in [-0.2, -0.15) is 0 Å². The topological polar surface area (TPSA) is 84.9 Å². The van der Waals surface area contributed by atoms with Crippen molar-refractivity contribution in [2.75, 3.05) is 25.1 Å². The van der Waals surface area contributed by atoms with E-state index in [0.29, 0.717) is 21.9 Å². The fourth-order valence-corrected chi connectivity index (χ4v) is 4.50. The summed E-state index contributed by atoms with van der Waals surface area (Å²) in [6.45, 7) is 6.12. The van der Waals surface area contributed by atoms with Crippen molar-refractivity contribution >= 4 is 40.6 Å². The molecule has 0 radical (unpaired) electrons. The van der Waals surface area contributed by atoms with Gasteiger partial charge in [0.2, 0.25) is 0 Å². The van der Waals surface area contributed by atoms with Crippen LogP contribution in [0, 0.1) is 20.8 Å². The molecule has 3 amide bonds. The molecule has 4 rings (SSSR count). The standard InChI is InChI=1S/C29H28N2O5S/c1-19-8-11-23(12-9-19)30-27(32)18-36-24-6-4-5-22(16-24)17-26-28(33)31(29(34)37-26)13-14-35-25-15-20(2)7-10-21(25)3/h4-12,15-17H,13-14,18H2,1-3H3,(H,30,32)/b26-17-. The molecule has 3 aromatic rings. The molecule has 190 valence electrons. The van der Waals surface area contributed by atoms with Crippen molar-refractivity contribution in [1.29, 1.82) is 0 Å². The zero-order valence-electron chi connectivity index (χ0n) is 20.9. The van der Waals surface area contributed by atoms with E-state index in [2.05, 4.69) is 5.32 Å². The van der Waals surface area contributed by atoms with Crippen LogP contribution >= 0.6 is 11.8 Å². The van der Waals surface area contributed by atoms with Crippen LogP contribution in [0.4, 0.5) is 10.5 Å². The Morgan fingerprint density at radius 3 is 2.49 bits per heavy atom. The second-order valence-corrected chi connectivity index (χ2v) is 9.72. The SMILES string of the molecule is Cc1ccc(NC(=O)COc2cccc(/C=C3\SC(=O)N(CCOc4cc(C)ccc4C)C3=O)c2)cc1. The van der Waals surface area contributed by atoms with Gasteiger partial charge in [0.15, 0.2) is 6.61 Å². The van der Waals surface area contributed by atoms with Crippen LogP contribution in [0.5, 0.6) is 11.5 Å². The molecule has 7 nitrogen and oxygen atoms in total. The number of aryl methyl sites for hydroxylation is 3. The summed E-state index contributed by atoms with van der Waals surface area (Å²) in [5, 5.41) is 2.45. The van der Waals surface area contributed by atoms with Gasteiger partial charge in [-0.05, 0) is 85.6 Å². The molecule has 3 aromatic carbocycles. The predicted molar refractivity (Wildman–Crippen MR) is 146 cm³/mol. The highest BCUT2D eigenvalue weighted by Gasteiger charge is 2.34. The van der Waals surface area contributed by atoms with Crippen LogP contribution < -0.4 is 14.8 Å². The van der Waals surface area contributed by atoms with Gasteiger partial charge in [-0.1, -0.05) is 42.0 Å². The molecule has 0 aromatic heterocycles. The van der Waals surface area contributed by atoms with E-state index in [1.54, 1.807) is 30.3 Å².